The summed E-state index contributed by atoms with van der Waals surface area (Å²) in [5, 5.41) is 33.5. The summed E-state index contributed by atoms with van der Waals surface area (Å²) < 4.78 is 0. The molecule has 0 radical (unpaired) electrons. The average Bonchev–Trinajstić information content (AvgIpc) is 2.92. The zero-order valence-electron chi connectivity index (χ0n) is 14.5. The van der Waals surface area contributed by atoms with E-state index >= 15 is 0 Å². The van der Waals surface area contributed by atoms with Gasteiger partial charge in [0.05, 0.1) is 12.2 Å². The molecule has 1 heterocycles. The second kappa shape index (κ2) is 5.69. The number of fused-ring (bicyclic) bond motifs is 1. The van der Waals surface area contributed by atoms with Gasteiger partial charge in [0.2, 0.25) is 5.91 Å². The molecule has 136 valence electrons. The van der Waals surface area contributed by atoms with E-state index in [9.17, 15) is 15.0 Å². The number of aliphatic hydroxyl groups excluding tert-OH is 1. The lowest BCUT2D eigenvalue weighted by Crippen LogP contribution is -2.68. The molecule has 2 bridgehead atoms. The number of carbonyl (C=O) groups is 1. The normalized spacial score (nSPS) is 36.6. The van der Waals surface area contributed by atoms with E-state index in [0.29, 0.717) is 12.8 Å². The molecule has 6 heteroatoms. The number of nitrogens with zero attached hydrogens (tertiary/aromatic N) is 1. The summed E-state index contributed by atoms with van der Waals surface area (Å²) in [5.74, 6) is -0.166. The third-order valence-corrected chi connectivity index (χ3v) is 6.76. The van der Waals surface area contributed by atoms with Crippen LogP contribution in [0.1, 0.15) is 30.4 Å². The van der Waals surface area contributed by atoms with E-state index in [1.165, 1.54) is 0 Å². The molecule has 1 aliphatic heterocycles. The number of aromatic hydroxyl groups is 1. The van der Waals surface area contributed by atoms with Gasteiger partial charge in [0.1, 0.15) is 5.75 Å². The van der Waals surface area contributed by atoms with Crippen molar-refractivity contribution in [3.05, 3.63) is 29.3 Å². The summed E-state index contributed by atoms with van der Waals surface area (Å²) in [5.41, 5.74) is 0.715. The molecule has 1 aromatic rings. The zero-order chi connectivity index (χ0) is 17.8. The Morgan fingerprint density at radius 2 is 2.20 bits per heavy atom. The van der Waals surface area contributed by atoms with Crippen LogP contribution in [-0.2, 0) is 16.6 Å². The van der Waals surface area contributed by atoms with Crippen molar-refractivity contribution in [2.45, 2.75) is 42.7 Å². The summed E-state index contributed by atoms with van der Waals surface area (Å²) in [4.78, 5) is 14.7. The van der Waals surface area contributed by atoms with Crippen LogP contribution < -0.4 is 5.32 Å². The van der Waals surface area contributed by atoms with Crippen LogP contribution in [0, 0.1) is 5.92 Å². The van der Waals surface area contributed by atoms with Crippen molar-refractivity contribution >= 4 is 5.91 Å². The minimum absolute atomic E-state index is 0.0195. The lowest BCUT2D eigenvalue weighted by molar-refractivity contribution is -0.129. The van der Waals surface area contributed by atoms with E-state index in [4.69, 9.17) is 5.11 Å². The standard InChI is InChI=1S/C19H26N2O4/c1-21-6-4-18-10-13(17(24)20-5-7-22)11-19(18,25)16(21)8-12-2-3-14(23)9-15(12)18/h2-3,9,13,16,22-23,25H,4-8,10-11H2,1H3,(H,20,24)/t13-,16-,18-,19-/m1/s1. The molecule has 1 saturated carbocycles. The van der Waals surface area contributed by atoms with Crippen LogP contribution >= 0.6 is 0 Å². The number of likely N-dealkylation sites (tertiary alicyclic amines) is 1. The first kappa shape index (κ1) is 16.8. The first-order chi connectivity index (χ1) is 11.9. The van der Waals surface area contributed by atoms with E-state index in [1.807, 2.05) is 13.1 Å². The molecule has 25 heavy (non-hydrogen) atoms. The van der Waals surface area contributed by atoms with Gasteiger partial charge in [0.15, 0.2) is 0 Å². The predicted molar refractivity (Wildman–Crippen MR) is 92.3 cm³/mol. The van der Waals surface area contributed by atoms with Gasteiger partial charge in [-0.05, 0) is 62.5 Å². The van der Waals surface area contributed by atoms with Crippen molar-refractivity contribution in [2.75, 3.05) is 26.7 Å². The lowest BCUT2D eigenvalue weighted by Gasteiger charge is -2.58. The third-order valence-electron chi connectivity index (χ3n) is 6.76. The van der Waals surface area contributed by atoms with Crippen molar-refractivity contribution in [1.82, 2.24) is 10.2 Å². The minimum atomic E-state index is -0.970. The maximum Gasteiger partial charge on any atom is 0.223 e. The Kier molecular flexibility index (Phi) is 3.83. The Hall–Kier alpha value is -1.63. The molecule has 1 aromatic carbocycles. The molecule has 0 spiro atoms. The van der Waals surface area contributed by atoms with Gasteiger partial charge in [0.25, 0.3) is 0 Å². The van der Waals surface area contributed by atoms with Crippen LogP contribution in [0.3, 0.4) is 0 Å². The van der Waals surface area contributed by atoms with Crippen molar-refractivity contribution in [3.8, 4) is 5.75 Å². The third kappa shape index (κ3) is 2.24. The summed E-state index contributed by atoms with van der Waals surface area (Å²) in [6.07, 6.45) is 2.52. The van der Waals surface area contributed by atoms with Crippen LogP contribution in [-0.4, -0.2) is 64.5 Å². The highest BCUT2D eigenvalue weighted by Crippen LogP contribution is 2.61. The molecular formula is C19H26N2O4. The highest BCUT2D eigenvalue weighted by molar-refractivity contribution is 5.80. The molecule has 1 amide bonds. The quantitative estimate of drug-likeness (QED) is 0.625. The molecule has 4 N–H and O–H groups in total. The molecule has 2 aliphatic carbocycles. The zero-order valence-corrected chi connectivity index (χ0v) is 14.5. The van der Waals surface area contributed by atoms with Crippen LogP contribution in [0.5, 0.6) is 5.75 Å². The number of hydrogen-bond donors (Lipinski definition) is 4. The fraction of sp³-hybridized carbons (Fsp3) is 0.632. The largest absolute Gasteiger partial charge is 0.508 e. The lowest BCUT2D eigenvalue weighted by atomic mass is 9.56. The van der Waals surface area contributed by atoms with Crippen molar-refractivity contribution < 1.29 is 20.1 Å². The number of benzene rings is 1. The fourth-order valence-electron chi connectivity index (χ4n) is 5.61. The molecule has 4 rings (SSSR count). The SMILES string of the molecule is CN1CC[C@]23C[C@@H](C(=O)NCCO)C[C@@]2(O)[C@H]1Cc1ccc(O)cc13. The molecular weight excluding hydrogens is 320 g/mol. The Labute approximate surface area is 147 Å². The number of carbonyl (C=O) groups excluding carboxylic acids is 1. The van der Waals surface area contributed by atoms with Crippen LogP contribution in [0.15, 0.2) is 18.2 Å². The first-order valence-electron chi connectivity index (χ1n) is 9.05. The molecule has 0 aromatic heterocycles. The monoisotopic (exact) mass is 346 g/mol. The van der Waals surface area contributed by atoms with Gasteiger partial charge in [-0.1, -0.05) is 6.07 Å². The Morgan fingerprint density at radius 1 is 1.40 bits per heavy atom. The van der Waals surface area contributed by atoms with Crippen molar-refractivity contribution in [2.24, 2.45) is 5.92 Å². The van der Waals surface area contributed by atoms with Crippen LogP contribution in [0.25, 0.3) is 0 Å². The fourth-order valence-corrected chi connectivity index (χ4v) is 5.61. The van der Waals surface area contributed by atoms with E-state index in [1.54, 1.807) is 12.1 Å². The topological polar surface area (TPSA) is 93.0 Å². The van der Waals surface area contributed by atoms with Gasteiger partial charge in [-0.3, -0.25) is 4.79 Å². The first-order valence-corrected chi connectivity index (χ1v) is 9.05. The number of hydrogen-bond acceptors (Lipinski definition) is 5. The second-order valence-electron chi connectivity index (χ2n) is 7.92. The molecule has 4 atom stereocenters. The van der Waals surface area contributed by atoms with Crippen LogP contribution in [0.4, 0.5) is 0 Å². The molecule has 6 nitrogen and oxygen atoms in total. The van der Waals surface area contributed by atoms with Gasteiger partial charge in [-0.15, -0.1) is 0 Å². The Morgan fingerprint density at radius 3 is 2.96 bits per heavy atom. The van der Waals surface area contributed by atoms with Crippen molar-refractivity contribution in [3.63, 3.8) is 0 Å². The van der Waals surface area contributed by atoms with Gasteiger partial charge >= 0.3 is 0 Å². The number of phenols is 1. The Bertz CT molecular complexity index is 709. The van der Waals surface area contributed by atoms with E-state index in [0.717, 1.165) is 30.5 Å². The van der Waals surface area contributed by atoms with Gasteiger partial charge < -0.3 is 25.5 Å². The molecule has 2 fully saturated rings. The number of piperidine rings is 1. The maximum absolute atomic E-state index is 12.5. The summed E-state index contributed by atoms with van der Waals surface area (Å²) in [6, 6.07) is 5.43. The number of amides is 1. The number of phenolic OH excluding ortho intramolecular Hbond substituents is 1. The number of likely N-dealkylation sites (N-methyl/N-ethyl adjacent to an activating group) is 1. The Balaban J connectivity index is 1.78. The second-order valence-corrected chi connectivity index (χ2v) is 7.92. The van der Waals surface area contributed by atoms with E-state index < -0.39 is 11.0 Å². The van der Waals surface area contributed by atoms with Gasteiger partial charge in [0, 0.05) is 23.9 Å². The van der Waals surface area contributed by atoms with Crippen LogP contribution in [0.2, 0.25) is 0 Å². The predicted octanol–water partition coefficient (Wildman–Crippen LogP) is 0.140. The van der Waals surface area contributed by atoms with Gasteiger partial charge in [-0.25, -0.2) is 0 Å². The summed E-state index contributed by atoms with van der Waals surface area (Å²) in [6.45, 7) is 1.02. The number of rotatable bonds is 3. The highest BCUT2D eigenvalue weighted by Gasteiger charge is 2.67. The van der Waals surface area contributed by atoms with Gasteiger partial charge in [-0.2, -0.15) is 0 Å². The average molecular weight is 346 g/mol. The molecule has 0 unspecified atom stereocenters. The van der Waals surface area contributed by atoms with Crippen molar-refractivity contribution in [1.29, 1.82) is 0 Å². The maximum atomic E-state index is 12.5. The highest BCUT2D eigenvalue weighted by atomic mass is 16.3. The molecule has 3 aliphatic rings. The minimum Gasteiger partial charge on any atom is -0.508 e. The smallest absolute Gasteiger partial charge is 0.223 e. The number of aliphatic hydroxyl groups is 2. The van der Waals surface area contributed by atoms with E-state index in [-0.39, 0.29) is 36.8 Å². The molecule has 1 saturated heterocycles. The van der Waals surface area contributed by atoms with E-state index in [2.05, 4.69) is 10.2 Å². The number of nitrogens with one attached hydrogen (secondary N) is 1. The summed E-state index contributed by atoms with van der Waals surface area (Å²) in [7, 11) is 2.04. The summed E-state index contributed by atoms with van der Waals surface area (Å²) >= 11 is 0.